The Morgan fingerprint density at radius 3 is 2.58 bits per heavy atom. The fourth-order valence-electron chi connectivity index (χ4n) is 2.71. The first-order valence-electron chi connectivity index (χ1n) is 9.12. The molecule has 154 valence electrons. The molecular formula is C21H15N5O5. The van der Waals surface area contributed by atoms with Gasteiger partial charge in [-0.3, -0.25) is 19.9 Å². The van der Waals surface area contributed by atoms with Crippen molar-refractivity contribution in [3.05, 3.63) is 83.0 Å². The number of para-hydroxylation sites is 1. The number of amides is 1. The zero-order chi connectivity index (χ0) is 21.6. The summed E-state index contributed by atoms with van der Waals surface area (Å²) < 4.78 is 10.7. The van der Waals surface area contributed by atoms with Gasteiger partial charge >= 0.3 is 0 Å². The van der Waals surface area contributed by atoms with Crippen molar-refractivity contribution in [3.63, 3.8) is 0 Å². The van der Waals surface area contributed by atoms with Gasteiger partial charge in [0.15, 0.2) is 6.61 Å². The molecule has 0 spiro atoms. The van der Waals surface area contributed by atoms with E-state index in [0.717, 1.165) is 0 Å². The number of pyridine rings is 1. The Hall–Kier alpha value is -4.60. The highest BCUT2D eigenvalue weighted by molar-refractivity contribution is 5.95. The third-order valence-electron chi connectivity index (χ3n) is 4.17. The Kier molecular flexibility index (Phi) is 5.61. The van der Waals surface area contributed by atoms with Crippen LogP contribution in [0.2, 0.25) is 0 Å². The van der Waals surface area contributed by atoms with Crippen LogP contribution in [-0.2, 0) is 4.79 Å². The second kappa shape index (κ2) is 8.82. The summed E-state index contributed by atoms with van der Waals surface area (Å²) in [5.41, 5.74) is 1.52. The van der Waals surface area contributed by atoms with Gasteiger partial charge in [0.1, 0.15) is 11.4 Å². The van der Waals surface area contributed by atoms with Crippen LogP contribution >= 0.6 is 0 Å². The van der Waals surface area contributed by atoms with Gasteiger partial charge in [-0.2, -0.15) is 4.98 Å². The highest BCUT2D eigenvalue weighted by atomic mass is 16.6. The van der Waals surface area contributed by atoms with E-state index < -0.39 is 10.8 Å². The van der Waals surface area contributed by atoms with E-state index >= 15 is 0 Å². The van der Waals surface area contributed by atoms with Crippen molar-refractivity contribution in [1.29, 1.82) is 0 Å². The summed E-state index contributed by atoms with van der Waals surface area (Å²) in [5, 5.41) is 17.4. The van der Waals surface area contributed by atoms with Gasteiger partial charge < -0.3 is 14.6 Å². The van der Waals surface area contributed by atoms with Gasteiger partial charge in [-0.05, 0) is 36.4 Å². The summed E-state index contributed by atoms with van der Waals surface area (Å²) in [6.45, 7) is -0.283. The summed E-state index contributed by atoms with van der Waals surface area (Å²) in [6, 6.07) is 17.8. The number of nitro groups is 1. The summed E-state index contributed by atoms with van der Waals surface area (Å²) in [5.74, 6) is 0.479. The maximum Gasteiger partial charge on any atom is 0.269 e. The predicted octanol–water partition coefficient (Wildman–Crippen LogP) is 3.72. The molecule has 0 atom stereocenters. The van der Waals surface area contributed by atoms with E-state index in [2.05, 4.69) is 20.4 Å². The molecule has 0 saturated heterocycles. The smallest absolute Gasteiger partial charge is 0.269 e. The van der Waals surface area contributed by atoms with Crippen LogP contribution in [0.4, 0.5) is 11.4 Å². The van der Waals surface area contributed by atoms with E-state index in [1.54, 1.807) is 42.6 Å². The zero-order valence-electron chi connectivity index (χ0n) is 16.0. The first-order chi connectivity index (χ1) is 15.1. The highest BCUT2D eigenvalue weighted by Gasteiger charge is 2.16. The van der Waals surface area contributed by atoms with Crippen molar-refractivity contribution in [2.45, 2.75) is 0 Å². The maximum atomic E-state index is 12.4. The Balaban J connectivity index is 1.44. The molecule has 4 aromatic rings. The first kappa shape index (κ1) is 19.7. The van der Waals surface area contributed by atoms with E-state index in [-0.39, 0.29) is 18.2 Å². The normalized spacial score (nSPS) is 10.5. The number of hydrogen-bond donors (Lipinski definition) is 1. The minimum Gasteiger partial charge on any atom is -0.484 e. The molecule has 0 radical (unpaired) electrons. The van der Waals surface area contributed by atoms with Crippen LogP contribution in [-0.4, -0.2) is 32.6 Å². The number of carbonyl (C=O) groups excluding carboxylic acids is 1. The molecule has 0 aliphatic rings. The molecular weight excluding hydrogens is 402 g/mol. The van der Waals surface area contributed by atoms with Gasteiger partial charge in [0.2, 0.25) is 5.82 Å². The molecule has 0 bridgehead atoms. The summed E-state index contributed by atoms with van der Waals surface area (Å²) >= 11 is 0. The minimum atomic E-state index is -0.510. The van der Waals surface area contributed by atoms with Gasteiger partial charge in [-0.1, -0.05) is 23.4 Å². The van der Waals surface area contributed by atoms with Gasteiger partial charge in [-0.15, -0.1) is 0 Å². The van der Waals surface area contributed by atoms with Gasteiger partial charge in [-0.25, -0.2) is 0 Å². The molecule has 0 aliphatic heterocycles. The van der Waals surface area contributed by atoms with Crippen LogP contribution in [0.25, 0.3) is 23.0 Å². The summed E-state index contributed by atoms with van der Waals surface area (Å²) in [4.78, 5) is 31.1. The van der Waals surface area contributed by atoms with Crippen LogP contribution in [0, 0.1) is 10.1 Å². The molecule has 0 fully saturated rings. The molecule has 2 aromatic carbocycles. The lowest BCUT2D eigenvalue weighted by molar-refractivity contribution is -0.384. The third-order valence-corrected chi connectivity index (χ3v) is 4.17. The number of benzene rings is 2. The fraction of sp³-hybridized carbons (Fsp3) is 0.0476. The lowest BCUT2D eigenvalue weighted by atomic mass is 10.1. The number of nitro benzene ring substituents is 1. The Morgan fingerprint density at radius 2 is 1.84 bits per heavy atom. The number of rotatable bonds is 7. The molecule has 1 amide bonds. The number of hydrogen-bond acceptors (Lipinski definition) is 8. The van der Waals surface area contributed by atoms with E-state index in [1.165, 1.54) is 24.3 Å². The molecule has 4 rings (SSSR count). The average molecular weight is 417 g/mol. The number of anilines is 1. The van der Waals surface area contributed by atoms with Crippen LogP contribution in [0.3, 0.4) is 0 Å². The van der Waals surface area contributed by atoms with Crippen molar-refractivity contribution in [3.8, 4) is 28.7 Å². The molecule has 10 nitrogen and oxygen atoms in total. The standard InChI is InChI=1S/C21H15N5O5/c27-19(13-30-15-10-8-14(9-11-15)26(28)29)23-17-6-2-1-5-16(17)21-24-20(25-31-21)18-7-3-4-12-22-18/h1-12H,13H2,(H,23,27). The van der Waals surface area contributed by atoms with Crippen molar-refractivity contribution in [1.82, 2.24) is 15.1 Å². The van der Waals surface area contributed by atoms with Gasteiger partial charge in [0.25, 0.3) is 17.5 Å². The Labute approximate surface area is 175 Å². The number of non-ortho nitro benzene ring substituents is 1. The van der Waals surface area contributed by atoms with Crippen molar-refractivity contribution in [2.75, 3.05) is 11.9 Å². The second-order valence-corrected chi connectivity index (χ2v) is 6.27. The highest BCUT2D eigenvalue weighted by Crippen LogP contribution is 2.28. The summed E-state index contributed by atoms with van der Waals surface area (Å²) in [6.07, 6.45) is 1.63. The molecule has 0 aliphatic carbocycles. The van der Waals surface area contributed by atoms with E-state index in [9.17, 15) is 14.9 Å². The quantitative estimate of drug-likeness (QED) is 0.355. The van der Waals surface area contributed by atoms with Gasteiger partial charge in [0.05, 0.1) is 16.2 Å². The van der Waals surface area contributed by atoms with E-state index in [1.807, 2.05) is 6.07 Å². The average Bonchev–Trinajstić information content (AvgIpc) is 3.29. The van der Waals surface area contributed by atoms with E-state index in [0.29, 0.717) is 28.5 Å². The number of ether oxygens (including phenoxy) is 1. The predicted molar refractivity (Wildman–Crippen MR) is 110 cm³/mol. The minimum absolute atomic E-state index is 0.0599. The molecule has 0 saturated carbocycles. The molecule has 10 heteroatoms. The number of nitrogens with one attached hydrogen (secondary N) is 1. The van der Waals surface area contributed by atoms with E-state index in [4.69, 9.17) is 9.26 Å². The van der Waals surface area contributed by atoms with Crippen LogP contribution in [0.15, 0.2) is 77.4 Å². The SMILES string of the molecule is O=C(COc1ccc([N+](=O)[O-])cc1)Nc1ccccc1-c1nc(-c2ccccn2)no1. The van der Waals surface area contributed by atoms with Crippen LogP contribution in [0.1, 0.15) is 0 Å². The van der Waals surface area contributed by atoms with Crippen molar-refractivity contribution < 1.29 is 19.0 Å². The fourth-order valence-corrected chi connectivity index (χ4v) is 2.71. The van der Waals surface area contributed by atoms with Gasteiger partial charge in [0, 0.05) is 18.3 Å². The molecule has 2 aromatic heterocycles. The van der Waals surface area contributed by atoms with Crippen LogP contribution < -0.4 is 10.1 Å². The second-order valence-electron chi connectivity index (χ2n) is 6.27. The van der Waals surface area contributed by atoms with Crippen molar-refractivity contribution in [2.24, 2.45) is 0 Å². The Morgan fingerprint density at radius 1 is 1.06 bits per heavy atom. The monoisotopic (exact) mass is 417 g/mol. The number of carbonyl (C=O) groups is 1. The number of aromatic nitrogens is 3. The zero-order valence-corrected chi connectivity index (χ0v) is 16.0. The molecule has 1 N–H and O–H groups in total. The first-order valence-corrected chi connectivity index (χ1v) is 9.12. The molecule has 31 heavy (non-hydrogen) atoms. The largest absolute Gasteiger partial charge is 0.484 e. The molecule has 0 unspecified atom stereocenters. The molecule has 2 heterocycles. The lowest BCUT2D eigenvalue weighted by Crippen LogP contribution is -2.20. The van der Waals surface area contributed by atoms with Crippen LogP contribution in [0.5, 0.6) is 5.75 Å². The lowest BCUT2D eigenvalue weighted by Gasteiger charge is -2.09. The summed E-state index contributed by atoms with van der Waals surface area (Å²) in [7, 11) is 0. The maximum absolute atomic E-state index is 12.4. The number of nitrogens with zero attached hydrogens (tertiary/aromatic N) is 4. The Bertz CT molecular complexity index is 1210. The van der Waals surface area contributed by atoms with Crippen molar-refractivity contribution >= 4 is 17.3 Å². The topological polar surface area (TPSA) is 133 Å². The third kappa shape index (κ3) is 4.70.